The van der Waals surface area contributed by atoms with Gasteiger partial charge >= 0.3 is 0 Å². The van der Waals surface area contributed by atoms with Gasteiger partial charge in [-0.2, -0.15) is 0 Å². The number of nitrogen functional groups attached to an aromatic ring is 1. The maximum absolute atomic E-state index is 12.3. The number of anilines is 1. The van der Waals surface area contributed by atoms with E-state index in [1.165, 1.54) is 18.4 Å². The average Bonchev–Trinajstić information content (AvgIpc) is 3.06. The Morgan fingerprint density at radius 2 is 1.62 bits per heavy atom. The molecule has 0 atom stereocenters. The minimum absolute atomic E-state index is 0. The Kier molecular flexibility index (Phi) is 6.27. The SMILES string of the molecule is Cl.Nc1ccc(CC(=O)NCC2(c3ccccc3)CCCC2)cc1. The second kappa shape index (κ2) is 8.20. The first-order chi connectivity index (χ1) is 11.2. The van der Waals surface area contributed by atoms with E-state index in [0.717, 1.165) is 30.6 Å². The number of nitrogens with one attached hydrogen (secondary N) is 1. The molecular formula is C20H25ClN2O. The molecule has 0 bridgehead atoms. The van der Waals surface area contributed by atoms with E-state index in [0.29, 0.717) is 6.42 Å². The highest BCUT2D eigenvalue weighted by molar-refractivity contribution is 5.85. The molecule has 2 aromatic carbocycles. The van der Waals surface area contributed by atoms with E-state index in [-0.39, 0.29) is 23.7 Å². The molecule has 1 saturated carbocycles. The maximum atomic E-state index is 12.3. The molecule has 3 nitrogen and oxygen atoms in total. The number of rotatable bonds is 5. The highest BCUT2D eigenvalue weighted by Crippen LogP contribution is 2.40. The van der Waals surface area contributed by atoms with Crippen LogP contribution in [0.1, 0.15) is 36.8 Å². The summed E-state index contributed by atoms with van der Waals surface area (Å²) in [6.07, 6.45) is 5.19. The Bertz CT molecular complexity index is 649. The normalized spacial score (nSPS) is 15.5. The minimum atomic E-state index is 0. The molecule has 1 aliphatic carbocycles. The third-order valence-electron chi connectivity index (χ3n) is 4.92. The molecule has 0 aromatic heterocycles. The fourth-order valence-electron chi connectivity index (χ4n) is 3.56. The Morgan fingerprint density at radius 1 is 1.00 bits per heavy atom. The van der Waals surface area contributed by atoms with Crippen molar-refractivity contribution in [3.8, 4) is 0 Å². The molecule has 3 N–H and O–H groups in total. The van der Waals surface area contributed by atoms with Crippen molar-refractivity contribution in [2.24, 2.45) is 0 Å². The fourth-order valence-corrected chi connectivity index (χ4v) is 3.56. The minimum Gasteiger partial charge on any atom is -0.399 e. The van der Waals surface area contributed by atoms with E-state index in [9.17, 15) is 4.79 Å². The first-order valence-electron chi connectivity index (χ1n) is 8.35. The van der Waals surface area contributed by atoms with Crippen molar-refractivity contribution in [3.05, 3.63) is 65.7 Å². The predicted molar refractivity (Wildman–Crippen MR) is 101 cm³/mol. The Hall–Kier alpha value is -2.00. The highest BCUT2D eigenvalue weighted by Gasteiger charge is 2.35. The molecule has 1 amide bonds. The number of nitrogens with two attached hydrogens (primary N) is 1. The van der Waals surface area contributed by atoms with E-state index >= 15 is 0 Å². The van der Waals surface area contributed by atoms with Gasteiger partial charge in [-0.25, -0.2) is 0 Å². The quantitative estimate of drug-likeness (QED) is 0.809. The first kappa shape index (κ1) is 18.3. The van der Waals surface area contributed by atoms with Crippen molar-refractivity contribution in [2.75, 3.05) is 12.3 Å². The highest BCUT2D eigenvalue weighted by atomic mass is 35.5. The molecular weight excluding hydrogens is 320 g/mol. The number of carbonyl (C=O) groups is 1. The van der Waals surface area contributed by atoms with Gasteiger partial charge in [0.2, 0.25) is 5.91 Å². The summed E-state index contributed by atoms with van der Waals surface area (Å²) < 4.78 is 0. The summed E-state index contributed by atoms with van der Waals surface area (Å²) in [5.41, 5.74) is 8.86. The van der Waals surface area contributed by atoms with Crippen LogP contribution in [0, 0.1) is 0 Å². The zero-order valence-electron chi connectivity index (χ0n) is 13.8. The molecule has 24 heavy (non-hydrogen) atoms. The summed E-state index contributed by atoms with van der Waals surface area (Å²) in [6.45, 7) is 0.727. The Labute approximate surface area is 150 Å². The van der Waals surface area contributed by atoms with Gasteiger partial charge in [0.15, 0.2) is 0 Å². The average molecular weight is 345 g/mol. The summed E-state index contributed by atoms with van der Waals surface area (Å²) in [4.78, 5) is 12.3. The summed E-state index contributed by atoms with van der Waals surface area (Å²) >= 11 is 0. The summed E-state index contributed by atoms with van der Waals surface area (Å²) in [5, 5.41) is 3.16. The van der Waals surface area contributed by atoms with Gasteiger partial charge < -0.3 is 11.1 Å². The third-order valence-corrected chi connectivity index (χ3v) is 4.92. The summed E-state index contributed by atoms with van der Waals surface area (Å²) in [5.74, 6) is 0.0805. The van der Waals surface area contributed by atoms with Crippen molar-refractivity contribution >= 4 is 24.0 Å². The van der Waals surface area contributed by atoms with E-state index in [2.05, 4.69) is 29.6 Å². The first-order valence-corrected chi connectivity index (χ1v) is 8.35. The number of halogens is 1. The largest absolute Gasteiger partial charge is 0.399 e. The van der Waals surface area contributed by atoms with Crippen molar-refractivity contribution in [1.82, 2.24) is 5.32 Å². The molecule has 0 spiro atoms. The summed E-state index contributed by atoms with van der Waals surface area (Å²) in [6, 6.07) is 18.1. The van der Waals surface area contributed by atoms with Crippen molar-refractivity contribution in [3.63, 3.8) is 0 Å². The van der Waals surface area contributed by atoms with E-state index in [4.69, 9.17) is 5.73 Å². The number of hydrogen-bond donors (Lipinski definition) is 2. The van der Waals surface area contributed by atoms with Gasteiger partial charge in [0.25, 0.3) is 0 Å². The van der Waals surface area contributed by atoms with Crippen LogP contribution in [0.5, 0.6) is 0 Å². The van der Waals surface area contributed by atoms with Gasteiger partial charge in [-0.3, -0.25) is 4.79 Å². The van der Waals surface area contributed by atoms with E-state index in [1.54, 1.807) is 0 Å². The zero-order chi connectivity index (χ0) is 16.1. The van der Waals surface area contributed by atoms with Gasteiger partial charge in [0.05, 0.1) is 6.42 Å². The number of amides is 1. The van der Waals surface area contributed by atoms with Crippen LogP contribution in [0.15, 0.2) is 54.6 Å². The van der Waals surface area contributed by atoms with Crippen LogP contribution >= 0.6 is 12.4 Å². The number of benzene rings is 2. The van der Waals surface area contributed by atoms with Crippen LogP contribution in [0.2, 0.25) is 0 Å². The lowest BCUT2D eigenvalue weighted by Crippen LogP contribution is -2.39. The molecule has 0 aliphatic heterocycles. The topological polar surface area (TPSA) is 55.1 Å². The number of hydrogen-bond acceptors (Lipinski definition) is 2. The molecule has 1 fully saturated rings. The lowest BCUT2D eigenvalue weighted by molar-refractivity contribution is -0.120. The van der Waals surface area contributed by atoms with Crippen LogP contribution in [-0.2, 0) is 16.6 Å². The Balaban J connectivity index is 0.00000208. The predicted octanol–water partition coefficient (Wildman–Crippen LogP) is 3.86. The van der Waals surface area contributed by atoms with Crippen LogP contribution < -0.4 is 11.1 Å². The van der Waals surface area contributed by atoms with Gasteiger partial charge in [-0.1, -0.05) is 55.3 Å². The van der Waals surface area contributed by atoms with Gasteiger partial charge in [0.1, 0.15) is 0 Å². The molecule has 3 rings (SSSR count). The lowest BCUT2D eigenvalue weighted by atomic mass is 9.79. The monoisotopic (exact) mass is 344 g/mol. The molecule has 1 aliphatic rings. The van der Waals surface area contributed by atoms with E-state index in [1.807, 2.05) is 30.3 Å². The summed E-state index contributed by atoms with van der Waals surface area (Å²) in [7, 11) is 0. The van der Waals surface area contributed by atoms with Gasteiger partial charge in [-0.15, -0.1) is 12.4 Å². The molecule has 0 radical (unpaired) electrons. The molecule has 0 heterocycles. The Morgan fingerprint density at radius 3 is 2.25 bits per heavy atom. The fraction of sp³-hybridized carbons (Fsp3) is 0.350. The van der Waals surface area contributed by atoms with Crippen LogP contribution in [0.3, 0.4) is 0 Å². The van der Waals surface area contributed by atoms with Crippen molar-refractivity contribution in [2.45, 2.75) is 37.5 Å². The second-order valence-corrected chi connectivity index (χ2v) is 6.55. The standard InChI is InChI=1S/C20H24N2O.ClH/c21-18-10-8-16(9-11-18)14-19(23)22-15-20(12-4-5-13-20)17-6-2-1-3-7-17;/h1-3,6-11H,4-5,12-15,21H2,(H,22,23);1H. The molecule has 0 saturated heterocycles. The van der Waals surface area contributed by atoms with Gasteiger partial charge in [-0.05, 0) is 36.1 Å². The zero-order valence-corrected chi connectivity index (χ0v) is 14.6. The molecule has 2 aromatic rings. The van der Waals surface area contributed by atoms with Gasteiger partial charge in [0, 0.05) is 17.6 Å². The molecule has 4 heteroatoms. The smallest absolute Gasteiger partial charge is 0.224 e. The lowest BCUT2D eigenvalue weighted by Gasteiger charge is -2.30. The van der Waals surface area contributed by atoms with E-state index < -0.39 is 0 Å². The van der Waals surface area contributed by atoms with Crippen molar-refractivity contribution in [1.29, 1.82) is 0 Å². The maximum Gasteiger partial charge on any atom is 0.224 e. The van der Waals surface area contributed by atoms with Crippen LogP contribution in [-0.4, -0.2) is 12.5 Å². The van der Waals surface area contributed by atoms with Crippen molar-refractivity contribution < 1.29 is 4.79 Å². The second-order valence-electron chi connectivity index (χ2n) is 6.55. The van der Waals surface area contributed by atoms with Crippen LogP contribution in [0.4, 0.5) is 5.69 Å². The molecule has 0 unspecified atom stereocenters. The molecule has 128 valence electrons. The number of carbonyl (C=O) groups excluding carboxylic acids is 1. The van der Waals surface area contributed by atoms with Crippen LogP contribution in [0.25, 0.3) is 0 Å². The third kappa shape index (κ3) is 4.30.